The average Bonchev–Trinajstić information content (AvgIpc) is 2.55. The van der Waals surface area contributed by atoms with Gasteiger partial charge in [0, 0.05) is 6.42 Å². The fourth-order valence-corrected chi connectivity index (χ4v) is 3.67. The predicted molar refractivity (Wildman–Crippen MR) is 85.9 cm³/mol. The van der Waals surface area contributed by atoms with Gasteiger partial charge >= 0.3 is 0 Å². The van der Waals surface area contributed by atoms with Crippen molar-refractivity contribution in [3.8, 4) is 6.07 Å². The van der Waals surface area contributed by atoms with Crippen LogP contribution in [0.25, 0.3) is 0 Å². The fourth-order valence-electron chi connectivity index (χ4n) is 3.67. The highest BCUT2D eigenvalue weighted by atomic mass is 16.5. The first-order chi connectivity index (χ1) is 10.7. The van der Waals surface area contributed by atoms with E-state index in [9.17, 15) is 5.26 Å². The maximum absolute atomic E-state index is 9.75. The van der Waals surface area contributed by atoms with Gasteiger partial charge in [-0.3, -0.25) is 4.90 Å². The van der Waals surface area contributed by atoms with Crippen LogP contribution >= 0.6 is 0 Å². The molecule has 22 heavy (non-hydrogen) atoms. The third kappa shape index (κ3) is 2.96. The van der Waals surface area contributed by atoms with Gasteiger partial charge in [-0.25, -0.2) is 4.98 Å². The second kappa shape index (κ2) is 6.66. The third-order valence-electron chi connectivity index (χ3n) is 4.69. The molecule has 1 aliphatic heterocycles. The lowest BCUT2D eigenvalue weighted by Crippen LogP contribution is -2.41. The number of nitrogens with zero attached hydrogens (tertiary/aromatic N) is 2. The second-order valence-corrected chi connectivity index (χ2v) is 6.80. The lowest BCUT2D eigenvalue weighted by atomic mass is 9.86. The molecule has 2 heterocycles. The number of fused-ring (bicyclic) bond motifs is 1. The highest BCUT2D eigenvalue weighted by molar-refractivity contribution is 5.58. The van der Waals surface area contributed by atoms with Gasteiger partial charge in [0.15, 0.2) is 0 Å². The SMILES string of the molecule is CC(C)Cc1[nH+]c(N2CCOCC2)c(C#N)c2c1CCCC2. The van der Waals surface area contributed by atoms with Gasteiger partial charge in [-0.15, -0.1) is 0 Å². The van der Waals surface area contributed by atoms with Crippen molar-refractivity contribution in [3.63, 3.8) is 0 Å². The number of H-pyrrole nitrogens is 1. The molecule has 1 N–H and O–H groups in total. The highest BCUT2D eigenvalue weighted by Crippen LogP contribution is 2.31. The molecular weight excluding hydrogens is 274 g/mol. The summed E-state index contributed by atoms with van der Waals surface area (Å²) in [6.45, 7) is 7.74. The summed E-state index contributed by atoms with van der Waals surface area (Å²) in [4.78, 5) is 5.93. The molecule has 4 nitrogen and oxygen atoms in total. The molecular formula is C18H26N3O+. The first-order valence-corrected chi connectivity index (χ1v) is 8.53. The van der Waals surface area contributed by atoms with Crippen molar-refractivity contribution in [2.24, 2.45) is 5.92 Å². The summed E-state index contributed by atoms with van der Waals surface area (Å²) in [6.07, 6.45) is 5.68. The van der Waals surface area contributed by atoms with Crippen LogP contribution in [-0.4, -0.2) is 26.3 Å². The fraction of sp³-hybridized carbons (Fsp3) is 0.667. The molecule has 0 unspecified atom stereocenters. The van der Waals surface area contributed by atoms with Crippen LogP contribution in [0.4, 0.5) is 5.82 Å². The molecule has 0 atom stereocenters. The standard InChI is InChI=1S/C18H25N3O/c1-13(2)11-17-15-6-4-3-5-14(15)16(12-19)18(20-17)21-7-9-22-10-8-21/h13H,3-11H2,1-2H3/p+1. The lowest BCUT2D eigenvalue weighted by Gasteiger charge is -2.26. The Balaban J connectivity index is 2.09. The van der Waals surface area contributed by atoms with Crippen molar-refractivity contribution < 1.29 is 9.72 Å². The monoisotopic (exact) mass is 300 g/mol. The van der Waals surface area contributed by atoms with Crippen molar-refractivity contribution in [2.75, 3.05) is 31.2 Å². The third-order valence-corrected chi connectivity index (χ3v) is 4.69. The summed E-state index contributed by atoms with van der Waals surface area (Å²) in [5, 5.41) is 9.75. The molecule has 3 rings (SSSR count). The molecule has 0 saturated carbocycles. The summed E-state index contributed by atoms with van der Waals surface area (Å²) >= 11 is 0. The van der Waals surface area contributed by atoms with Crippen LogP contribution in [0.15, 0.2) is 0 Å². The molecule has 1 aromatic rings. The van der Waals surface area contributed by atoms with E-state index >= 15 is 0 Å². The Labute approximate surface area is 133 Å². The smallest absolute Gasteiger partial charge is 0.293 e. The van der Waals surface area contributed by atoms with Crippen LogP contribution in [-0.2, 0) is 24.0 Å². The van der Waals surface area contributed by atoms with E-state index in [0.717, 1.165) is 56.9 Å². The van der Waals surface area contributed by atoms with Crippen LogP contribution in [0.3, 0.4) is 0 Å². The Morgan fingerprint density at radius 2 is 1.86 bits per heavy atom. The minimum Gasteiger partial charge on any atom is -0.373 e. The van der Waals surface area contributed by atoms with Crippen LogP contribution in [0, 0.1) is 17.2 Å². The summed E-state index contributed by atoms with van der Waals surface area (Å²) in [5.74, 6) is 1.65. The van der Waals surface area contributed by atoms with Crippen molar-refractivity contribution in [3.05, 3.63) is 22.4 Å². The van der Waals surface area contributed by atoms with Crippen LogP contribution < -0.4 is 9.88 Å². The zero-order chi connectivity index (χ0) is 15.5. The van der Waals surface area contributed by atoms with Crippen LogP contribution in [0.2, 0.25) is 0 Å². The molecule has 0 aromatic carbocycles. The minimum absolute atomic E-state index is 0.618. The van der Waals surface area contributed by atoms with Crippen molar-refractivity contribution in [1.82, 2.24) is 0 Å². The van der Waals surface area contributed by atoms with Crippen LogP contribution in [0.5, 0.6) is 0 Å². The van der Waals surface area contributed by atoms with E-state index in [-0.39, 0.29) is 0 Å². The second-order valence-electron chi connectivity index (χ2n) is 6.80. The zero-order valence-corrected chi connectivity index (χ0v) is 13.7. The quantitative estimate of drug-likeness (QED) is 0.860. The van der Waals surface area contributed by atoms with E-state index in [1.165, 1.54) is 29.7 Å². The number of morpholine rings is 1. The first kappa shape index (κ1) is 15.3. The van der Waals surface area contributed by atoms with Gasteiger partial charge in [0.1, 0.15) is 30.4 Å². The molecule has 0 amide bonds. The molecule has 118 valence electrons. The number of ether oxygens (including phenoxy) is 1. The molecule has 4 heteroatoms. The van der Waals surface area contributed by atoms with Gasteiger partial charge in [-0.1, -0.05) is 13.8 Å². The number of hydrogen-bond acceptors (Lipinski definition) is 3. The van der Waals surface area contributed by atoms with E-state index in [0.29, 0.717) is 5.92 Å². The van der Waals surface area contributed by atoms with Crippen molar-refractivity contribution in [1.29, 1.82) is 5.26 Å². The number of aromatic nitrogens is 1. The molecule has 0 radical (unpaired) electrons. The lowest BCUT2D eigenvalue weighted by molar-refractivity contribution is -0.379. The molecule has 0 bridgehead atoms. The van der Waals surface area contributed by atoms with E-state index < -0.39 is 0 Å². The Bertz CT molecular complexity index is 583. The highest BCUT2D eigenvalue weighted by Gasteiger charge is 2.30. The van der Waals surface area contributed by atoms with Gasteiger partial charge in [-0.2, -0.15) is 5.26 Å². The average molecular weight is 300 g/mol. The van der Waals surface area contributed by atoms with E-state index in [1.54, 1.807) is 0 Å². The minimum atomic E-state index is 0.618. The van der Waals surface area contributed by atoms with Gasteiger partial charge in [-0.05, 0) is 42.7 Å². The Morgan fingerprint density at radius 3 is 2.50 bits per heavy atom. The number of rotatable bonds is 3. The van der Waals surface area contributed by atoms with E-state index in [2.05, 4.69) is 29.8 Å². The normalized spacial score (nSPS) is 18.2. The van der Waals surface area contributed by atoms with E-state index in [1.807, 2.05) is 0 Å². The van der Waals surface area contributed by atoms with Gasteiger partial charge in [0.05, 0.1) is 13.2 Å². The van der Waals surface area contributed by atoms with E-state index in [4.69, 9.17) is 4.74 Å². The summed E-state index contributed by atoms with van der Waals surface area (Å²) < 4.78 is 5.46. The molecule has 1 aliphatic carbocycles. The summed E-state index contributed by atoms with van der Waals surface area (Å²) in [7, 11) is 0. The largest absolute Gasteiger partial charge is 0.373 e. The molecule has 1 fully saturated rings. The van der Waals surface area contributed by atoms with Crippen LogP contribution in [0.1, 0.15) is 49.1 Å². The number of nitriles is 1. The molecule has 0 spiro atoms. The Kier molecular flexibility index (Phi) is 4.63. The number of nitrogens with one attached hydrogen (secondary N) is 1. The number of pyridine rings is 1. The van der Waals surface area contributed by atoms with Gasteiger partial charge < -0.3 is 4.74 Å². The molecule has 2 aliphatic rings. The first-order valence-electron chi connectivity index (χ1n) is 8.53. The van der Waals surface area contributed by atoms with Crippen molar-refractivity contribution in [2.45, 2.75) is 46.0 Å². The predicted octanol–water partition coefficient (Wildman–Crippen LogP) is 2.29. The summed E-state index contributed by atoms with van der Waals surface area (Å²) in [6, 6.07) is 2.49. The zero-order valence-electron chi connectivity index (χ0n) is 13.7. The molecule has 1 aromatic heterocycles. The van der Waals surface area contributed by atoms with Crippen molar-refractivity contribution >= 4 is 5.82 Å². The topological polar surface area (TPSA) is 50.4 Å². The molecule has 1 saturated heterocycles. The maximum Gasteiger partial charge on any atom is 0.293 e. The Morgan fingerprint density at radius 1 is 1.18 bits per heavy atom. The number of anilines is 1. The summed E-state index contributed by atoms with van der Waals surface area (Å²) in [5.41, 5.74) is 4.97. The number of aromatic amines is 1. The maximum atomic E-state index is 9.75. The number of hydrogen-bond donors (Lipinski definition) is 0. The van der Waals surface area contributed by atoms with Gasteiger partial charge in [0.25, 0.3) is 5.82 Å². The Hall–Kier alpha value is -1.60. The van der Waals surface area contributed by atoms with Gasteiger partial charge in [0.2, 0.25) is 0 Å².